The topological polar surface area (TPSA) is 80.9 Å². The molecular formula is C24H60O4Ti2. The monoisotopic (exact) mass is 508 g/mol. The molecule has 0 saturated carbocycles. The van der Waals surface area contributed by atoms with Crippen molar-refractivity contribution in [3.05, 3.63) is 0 Å². The fraction of sp³-hybridized carbons (Fsp3) is 1.00. The van der Waals surface area contributed by atoms with Gasteiger partial charge in [-0.2, -0.15) is 0 Å². The molecule has 4 nitrogen and oxygen atoms in total. The minimum Gasteiger partial charge on any atom is 0 e. The van der Waals surface area contributed by atoms with Gasteiger partial charge in [0.2, 0.25) is 0 Å². The van der Waals surface area contributed by atoms with Crippen LogP contribution in [0.2, 0.25) is 16.9 Å². The number of rotatable bonds is 4. The average molecular weight is 508 g/mol. The fourth-order valence-electron chi connectivity index (χ4n) is 4.00. The number of hydrogen-bond acceptors (Lipinski definition) is 4. The van der Waals surface area contributed by atoms with Gasteiger partial charge in [0.15, 0.2) is 0 Å². The molecule has 0 fully saturated rings. The van der Waals surface area contributed by atoms with Crippen LogP contribution in [-0.4, -0.2) is 44.8 Å². The second-order valence-electron chi connectivity index (χ2n) is 9.99. The largest absolute Gasteiger partial charge is 0 e. The molecule has 188 valence electrons. The van der Waals surface area contributed by atoms with E-state index >= 15 is 0 Å². The van der Waals surface area contributed by atoms with Gasteiger partial charge in [-0.25, -0.2) is 0 Å². The van der Waals surface area contributed by atoms with Crippen molar-refractivity contribution >= 4 is 0 Å². The molecule has 0 aromatic carbocycles. The van der Waals surface area contributed by atoms with Gasteiger partial charge in [0.25, 0.3) is 0 Å². The van der Waals surface area contributed by atoms with Crippen molar-refractivity contribution < 1.29 is 58.7 Å². The summed E-state index contributed by atoms with van der Waals surface area (Å²) in [6, 6.07) is 0. The zero-order valence-corrected chi connectivity index (χ0v) is 26.5. The molecule has 0 aliphatic heterocycles. The van der Waals surface area contributed by atoms with Gasteiger partial charge in [-0.1, -0.05) is 0 Å². The molecule has 0 amide bonds. The first-order valence-corrected chi connectivity index (χ1v) is 15.0. The molecule has 0 aromatic heterocycles. The quantitative estimate of drug-likeness (QED) is 0.308. The van der Waals surface area contributed by atoms with Crippen molar-refractivity contribution in [1.29, 1.82) is 0 Å². The van der Waals surface area contributed by atoms with Gasteiger partial charge < -0.3 is 20.4 Å². The Labute approximate surface area is 209 Å². The van der Waals surface area contributed by atoms with Crippen molar-refractivity contribution in [3.63, 3.8) is 0 Å². The molecule has 0 saturated heterocycles. The van der Waals surface area contributed by atoms with E-state index in [4.69, 9.17) is 20.4 Å². The van der Waals surface area contributed by atoms with E-state index in [9.17, 15) is 0 Å². The van der Waals surface area contributed by atoms with Crippen LogP contribution >= 0.6 is 0 Å². The second-order valence-corrected chi connectivity index (χ2v) is 20.3. The van der Waals surface area contributed by atoms with Gasteiger partial charge in [-0.05, 0) is 55.4 Å². The number of aliphatic hydroxyl groups excluding tert-OH is 4. The van der Waals surface area contributed by atoms with E-state index in [0.717, 1.165) is 16.9 Å². The Morgan fingerprint density at radius 3 is 0.400 bits per heavy atom. The van der Waals surface area contributed by atoms with E-state index in [0.29, 0.717) is 0 Å². The Morgan fingerprint density at radius 1 is 0.333 bits per heavy atom. The summed E-state index contributed by atoms with van der Waals surface area (Å²) in [6.07, 6.45) is -0.667. The van der Waals surface area contributed by atoms with Crippen LogP contribution in [0.1, 0.15) is 111 Å². The molecule has 0 radical (unpaired) electrons. The first-order valence-electron chi connectivity index (χ1n) is 11.4. The van der Waals surface area contributed by atoms with E-state index in [1.807, 2.05) is 0 Å². The molecule has 0 aliphatic rings. The van der Waals surface area contributed by atoms with Crippen LogP contribution in [0.4, 0.5) is 0 Å². The van der Waals surface area contributed by atoms with E-state index in [1.54, 1.807) is 55.4 Å². The molecule has 4 N–H and O–H groups in total. The van der Waals surface area contributed by atoms with Crippen LogP contribution < -0.4 is 0 Å². The summed E-state index contributed by atoms with van der Waals surface area (Å²) in [6.45, 7) is 33.4. The van der Waals surface area contributed by atoms with Gasteiger partial charge >= 0.3 is 88.9 Å². The zero-order chi connectivity index (χ0) is 25.1. The maximum absolute atomic E-state index is 8.06. The molecule has 30 heavy (non-hydrogen) atoms. The predicted octanol–water partition coefficient (Wildman–Crippen LogP) is 7.00. The van der Waals surface area contributed by atoms with Crippen molar-refractivity contribution in [1.82, 2.24) is 0 Å². The molecule has 0 heterocycles. The number of aliphatic hydroxyl groups is 4. The Balaban J connectivity index is -0.0000000700. The van der Waals surface area contributed by atoms with Gasteiger partial charge in [-0.3, -0.25) is 0 Å². The SMILES string of the molecule is CC(C)O.CC(C)O.CC(C)O.CC(C)O.C[CH](C)[Ti]([CH](C)C)([CH](C)C)[CH](C)C.[Ti]. The summed E-state index contributed by atoms with van der Waals surface area (Å²) >= 11 is -1.67. The molecule has 0 bridgehead atoms. The predicted molar refractivity (Wildman–Crippen MR) is 130 cm³/mol. The number of hydrogen-bond donors (Lipinski definition) is 4. The van der Waals surface area contributed by atoms with Gasteiger partial charge in [-0.15, -0.1) is 0 Å². The van der Waals surface area contributed by atoms with E-state index in [1.165, 1.54) is 0 Å². The normalized spacial score (nSPS) is 10.8. The molecule has 6 heteroatoms. The van der Waals surface area contributed by atoms with E-state index < -0.39 is 16.6 Å². The Bertz CT molecular complexity index is 231. The van der Waals surface area contributed by atoms with Crippen molar-refractivity contribution in [2.75, 3.05) is 0 Å². The van der Waals surface area contributed by atoms with E-state index in [2.05, 4.69) is 55.4 Å². The summed E-state index contributed by atoms with van der Waals surface area (Å²) in [5.41, 5.74) is 0. The third kappa shape index (κ3) is 36.6. The first kappa shape index (κ1) is 44.9. The van der Waals surface area contributed by atoms with Gasteiger partial charge in [0, 0.05) is 46.1 Å². The summed E-state index contributed by atoms with van der Waals surface area (Å²) in [5.74, 6) is 0. The fourth-order valence-corrected chi connectivity index (χ4v) is 16.5. The zero-order valence-electron chi connectivity index (χ0n) is 23.4. The Kier molecular flexibility index (Phi) is 39.7. The Morgan fingerprint density at radius 2 is 0.400 bits per heavy atom. The van der Waals surface area contributed by atoms with Crippen molar-refractivity contribution in [2.45, 2.75) is 152 Å². The maximum Gasteiger partial charge on any atom is 0 e. The molecule has 0 aliphatic carbocycles. The molecule has 0 unspecified atom stereocenters. The molecule has 0 spiro atoms. The van der Waals surface area contributed by atoms with Crippen molar-refractivity contribution in [3.8, 4) is 0 Å². The van der Waals surface area contributed by atoms with Crippen LogP contribution in [0.15, 0.2) is 0 Å². The van der Waals surface area contributed by atoms with Crippen molar-refractivity contribution in [2.24, 2.45) is 0 Å². The van der Waals surface area contributed by atoms with Gasteiger partial charge in [0.1, 0.15) is 0 Å². The molecule has 0 aromatic rings. The van der Waals surface area contributed by atoms with Gasteiger partial charge in [0.05, 0.1) is 0 Å². The van der Waals surface area contributed by atoms with Crippen LogP contribution in [0.25, 0.3) is 0 Å². The molecule has 0 rings (SSSR count). The summed E-state index contributed by atoms with van der Waals surface area (Å²) < 4.78 is 3.83. The van der Waals surface area contributed by atoms with Crippen LogP contribution in [0.5, 0.6) is 0 Å². The minimum atomic E-state index is -1.67. The summed E-state index contributed by atoms with van der Waals surface area (Å²) in [5, 5.41) is 32.2. The smallest absolute Gasteiger partial charge is 0 e. The standard InChI is InChI=1S/4C3H8O.4C3H7.2Ti/c4*1-3(2)4;4*1-3-2;;/h4*3-4H,1-2H3;4*3H,1-2H3;;. The third-order valence-corrected chi connectivity index (χ3v) is 16.5. The van der Waals surface area contributed by atoms with Crippen LogP contribution in [-0.2, 0) is 38.3 Å². The second kappa shape index (κ2) is 26.5. The third-order valence-electron chi connectivity index (χ3n) is 4.00. The Hall–Kier alpha value is 1.27. The molecule has 0 atom stereocenters. The first-order chi connectivity index (χ1) is 12.7. The summed E-state index contributed by atoms with van der Waals surface area (Å²) in [7, 11) is 0. The van der Waals surface area contributed by atoms with Crippen LogP contribution in [0.3, 0.4) is 0 Å². The maximum atomic E-state index is 8.06. The minimum absolute atomic E-state index is 0. The average Bonchev–Trinajstić information content (AvgIpc) is 2.33. The van der Waals surface area contributed by atoms with E-state index in [-0.39, 0.29) is 46.1 Å². The summed E-state index contributed by atoms with van der Waals surface area (Å²) in [4.78, 5) is 0. The molecular weight excluding hydrogens is 448 g/mol. The van der Waals surface area contributed by atoms with Crippen LogP contribution in [0, 0.1) is 0 Å².